The van der Waals surface area contributed by atoms with Crippen molar-refractivity contribution in [2.45, 2.75) is 31.8 Å². The molecule has 1 unspecified atom stereocenters. The van der Waals surface area contributed by atoms with Crippen LogP contribution in [0, 0.1) is 0 Å². The Bertz CT molecular complexity index is 610. The molecule has 0 aromatic heterocycles. The van der Waals surface area contributed by atoms with E-state index in [9.17, 15) is 9.90 Å². The molecule has 106 valence electrons. The molecule has 0 aliphatic rings. The Hall–Kier alpha value is -1.39. The lowest BCUT2D eigenvalue weighted by molar-refractivity contribution is -0.137. The molecule has 2 aromatic carbocycles. The van der Waals surface area contributed by atoms with Crippen LogP contribution in [0.2, 0.25) is 0 Å². The summed E-state index contributed by atoms with van der Waals surface area (Å²) < 4.78 is 1.01. The molecule has 0 saturated heterocycles. The molecule has 4 heteroatoms. The first-order chi connectivity index (χ1) is 9.59. The van der Waals surface area contributed by atoms with Gasteiger partial charge in [0.15, 0.2) is 0 Å². The zero-order valence-electron chi connectivity index (χ0n) is 11.1. The van der Waals surface area contributed by atoms with Crippen molar-refractivity contribution in [1.29, 1.82) is 0 Å². The van der Waals surface area contributed by atoms with Crippen molar-refractivity contribution in [2.24, 2.45) is 0 Å². The van der Waals surface area contributed by atoms with Crippen LogP contribution in [0.5, 0.6) is 0 Å². The Balaban J connectivity index is 2.12. The minimum atomic E-state index is -0.784. The number of unbranched alkanes of at least 4 members (excludes halogenated alkanes) is 1. The number of carbonyl (C=O) groups is 1. The minimum absolute atomic E-state index is 0.161. The first kappa shape index (κ1) is 15.0. The maximum Gasteiger partial charge on any atom is 0.303 e. The Morgan fingerprint density at radius 3 is 2.50 bits per heavy atom. The summed E-state index contributed by atoms with van der Waals surface area (Å²) in [6.07, 6.45) is 1.49. The van der Waals surface area contributed by atoms with Crippen LogP contribution in [0.3, 0.4) is 0 Å². The van der Waals surface area contributed by atoms with Crippen LogP contribution in [0.25, 0.3) is 10.8 Å². The van der Waals surface area contributed by atoms with Gasteiger partial charge in [0.1, 0.15) is 0 Å². The summed E-state index contributed by atoms with van der Waals surface area (Å²) >= 11 is 3.51. The first-order valence-electron chi connectivity index (χ1n) is 6.66. The van der Waals surface area contributed by atoms with Crippen molar-refractivity contribution in [3.8, 4) is 0 Å². The van der Waals surface area contributed by atoms with Crippen molar-refractivity contribution in [2.75, 3.05) is 0 Å². The molecular formula is C16H17BrO3. The van der Waals surface area contributed by atoms with Crippen molar-refractivity contribution in [1.82, 2.24) is 0 Å². The smallest absolute Gasteiger partial charge is 0.303 e. The largest absolute Gasteiger partial charge is 0.481 e. The second-order valence-electron chi connectivity index (χ2n) is 4.84. The highest BCUT2D eigenvalue weighted by Crippen LogP contribution is 2.32. The van der Waals surface area contributed by atoms with E-state index in [4.69, 9.17) is 5.11 Å². The van der Waals surface area contributed by atoms with E-state index in [0.29, 0.717) is 19.3 Å². The number of hydrogen-bond donors (Lipinski definition) is 2. The Kier molecular flexibility index (Phi) is 5.15. The normalized spacial score (nSPS) is 12.5. The minimum Gasteiger partial charge on any atom is -0.481 e. The highest BCUT2D eigenvalue weighted by Gasteiger charge is 2.12. The van der Waals surface area contributed by atoms with Crippen molar-refractivity contribution < 1.29 is 15.0 Å². The summed E-state index contributed by atoms with van der Waals surface area (Å²) in [5, 5.41) is 21.0. The van der Waals surface area contributed by atoms with Crippen LogP contribution in [0.4, 0.5) is 0 Å². The molecule has 0 heterocycles. The maximum atomic E-state index is 10.5. The van der Waals surface area contributed by atoms with Gasteiger partial charge in [-0.2, -0.15) is 0 Å². The zero-order valence-corrected chi connectivity index (χ0v) is 12.6. The van der Waals surface area contributed by atoms with Crippen LogP contribution >= 0.6 is 15.9 Å². The predicted octanol–water partition coefficient (Wildman–Crippen LogP) is 4.28. The third-order valence-corrected chi connectivity index (χ3v) is 4.07. The number of aliphatic carboxylic acids is 1. The van der Waals surface area contributed by atoms with E-state index in [0.717, 1.165) is 20.8 Å². The molecule has 0 saturated carbocycles. The average Bonchev–Trinajstić information content (AvgIpc) is 2.44. The standard InChI is InChI=1S/C16H17BrO3/c17-14-10-9-13(11-5-1-2-6-12(11)14)15(18)7-3-4-8-16(19)20/h1-2,5-6,9-10,15,18H,3-4,7-8H2,(H,19,20). The third kappa shape index (κ3) is 3.58. The quantitative estimate of drug-likeness (QED) is 0.774. The lowest BCUT2D eigenvalue weighted by atomic mass is 9.97. The maximum absolute atomic E-state index is 10.5. The van der Waals surface area contributed by atoms with Gasteiger partial charge in [0.2, 0.25) is 0 Å². The van der Waals surface area contributed by atoms with Gasteiger partial charge in [0.25, 0.3) is 0 Å². The molecule has 0 aliphatic heterocycles. The van der Waals surface area contributed by atoms with Crippen LogP contribution in [-0.4, -0.2) is 16.2 Å². The zero-order chi connectivity index (χ0) is 14.5. The van der Waals surface area contributed by atoms with Gasteiger partial charge in [0.05, 0.1) is 6.10 Å². The van der Waals surface area contributed by atoms with Gasteiger partial charge >= 0.3 is 5.97 Å². The van der Waals surface area contributed by atoms with Crippen LogP contribution < -0.4 is 0 Å². The van der Waals surface area contributed by atoms with Crippen LogP contribution in [-0.2, 0) is 4.79 Å². The first-order valence-corrected chi connectivity index (χ1v) is 7.46. The number of rotatable bonds is 6. The summed E-state index contributed by atoms with van der Waals surface area (Å²) in [6.45, 7) is 0. The molecule has 2 rings (SSSR count). The summed E-state index contributed by atoms with van der Waals surface area (Å²) in [6, 6.07) is 11.8. The van der Waals surface area contributed by atoms with Crippen LogP contribution in [0.1, 0.15) is 37.4 Å². The van der Waals surface area contributed by atoms with Gasteiger partial charge in [-0.3, -0.25) is 4.79 Å². The fraction of sp³-hybridized carbons (Fsp3) is 0.312. The van der Waals surface area contributed by atoms with Gasteiger partial charge in [-0.25, -0.2) is 0 Å². The van der Waals surface area contributed by atoms with Crippen molar-refractivity contribution in [3.63, 3.8) is 0 Å². The van der Waals surface area contributed by atoms with Gasteiger partial charge in [-0.15, -0.1) is 0 Å². The molecule has 0 amide bonds. The van der Waals surface area contributed by atoms with Gasteiger partial charge < -0.3 is 10.2 Å². The number of carboxylic acid groups (broad SMARTS) is 1. The van der Waals surface area contributed by atoms with E-state index in [1.54, 1.807) is 0 Å². The molecule has 0 bridgehead atoms. The molecule has 2 aromatic rings. The SMILES string of the molecule is O=C(O)CCCCC(O)c1ccc(Br)c2ccccc12. The second-order valence-corrected chi connectivity index (χ2v) is 5.69. The molecule has 3 nitrogen and oxygen atoms in total. The summed E-state index contributed by atoms with van der Waals surface area (Å²) in [5.41, 5.74) is 0.902. The Morgan fingerprint density at radius 1 is 1.10 bits per heavy atom. The molecule has 0 spiro atoms. The number of carboxylic acids is 1. The van der Waals surface area contributed by atoms with Gasteiger partial charge in [-0.05, 0) is 41.7 Å². The molecule has 1 atom stereocenters. The topological polar surface area (TPSA) is 57.5 Å². The highest BCUT2D eigenvalue weighted by atomic mass is 79.9. The van der Waals surface area contributed by atoms with Gasteiger partial charge in [0, 0.05) is 10.9 Å². The second kappa shape index (κ2) is 6.86. The molecule has 0 fully saturated rings. The average molecular weight is 337 g/mol. The van der Waals surface area contributed by atoms with Crippen molar-refractivity contribution in [3.05, 3.63) is 46.4 Å². The Labute approximate surface area is 126 Å². The lowest BCUT2D eigenvalue weighted by Gasteiger charge is -2.14. The molecule has 0 aliphatic carbocycles. The number of halogens is 1. The summed E-state index contributed by atoms with van der Waals surface area (Å²) in [7, 11) is 0. The summed E-state index contributed by atoms with van der Waals surface area (Å²) in [5.74, 6) is -0.784. The molecule has 0 radical (unpaired) electrons. The summed E-state index contributed by atoms with van der Waals surface area (Å²) in [4.78, 5) is 10.5. The number of aliphatic hydroxyl groups is 1. The monoisotopic (exact) mass is 336 g/mol. The van der Waals surface area contributed by atoms with Crippen LogP contribution in [0.15, 0.2) is 40.9 Å². The highest BCUT2D eigenvalue weighted by molar-refractivity contribution is 9.10. The van der Waals surface area contributed by atoms with E-state index in [-0.39, 0.29) is 6.42 Å². The molecule has 2 N–H and O–H groups in total. The van der Waals surface area contributed by atoms with E-state index in [2.05, 4.69) is 15.9 Å². The number of benzene rings is 2. The number of aliphatic hydroxyl groups excluding tert-OH is 1. The predicted molar refractivity (Wildman–Crippen MR) is 82.7 cm³/mol. The third-order valence-electron chi connectivity index (χ3n) is 3.38. The number of hydrogen-bond acceptors (Lipinski definition) is 2. The Morgan fingerprint density at radius 2 is 1.80 bits per heavy atom. The molecular weight excluding hydrogens is 320 g/mol. The fourth-order valence-electron chi connectivity index (χ4n) is 2.35. The molecule has 20 heavy (non-hydrogen) atoms. The van der Waals surface area contributed by atoms with E-state index in [1.807, 2.05) is 36.4 Å². The van der Waals surface area contributed by atoms with E-state index in [1.165, 1.54) is 0 Å². The van der Waals surface area contributed by atoms with Crippen molar-refractivity contribution >= 4 is 32.7 Å². The van der Waals surface area contributed by atoms with E-state index >= 15 is 0 Å². The lowest BCUT2D eigenvalue weighted by Crippen LogP contribution is -2.00. The number of fused-ring (bicyclic) bond motifs is 1. The van der Waals surface area contributed by atoms with E-state index < -0.39 is 12.1 Å². The fourth-order valence-corrected chi connectivity index (χ4v) is 2.82. The van der Waals surface area contributed by atoms with Gasteiger partial charge in [-0.1, -0.05) is 46.3 Å².